The Kier molecular flexibility index (Phi) is 4.05. The maximum absolute atomic E-state index is 12.8. The SMILES string of the molecule is Cc1ccc(N2C(=O)N(Cc3ccccc3C#N)C(=O)[C@@H]2C)cc1. The third-order valence-corrected chi connectivity index (χ3v) is 4.23. The smallest absolute Gasteiger partial charge is 0.282 e. The van der Waals surface area contributed by atoms with Gasteiger partial charge in [-0.2, -0.15) is 5.26 Å². The van der Waals surface area contributed by atoms with Gasteiger partial charge in [0.2, 0.25) is 0 Å². The molecule has 1 fully saturated rings. The van der Waals surface area contributed by atoms with Gasteiger partial charge in [0.15, 0.2) is 0 Å². The predicted octanol–water partition coefficient (Wildman–Crippen LogP) is 3.22. The van der Waals surface area contributed by atoms with Gasteiger partial charge in [-0.3, -0.25) is 14.6 Å². The molecular formula is C19H17N3O2. The molecule has 2 aromatic rings. The van der Waals surface area contributed by atoms with Gasteiger partial charge in [0.25, 0.3) is 5.91 Å². The van der Waals surface area contributed by atoms with Crippen molar-refractivity contribution in [3.63, 3.8) is 0 Å². The summed E-state index contributed by atoms with van der Waals surface area (Å²) in [6.07, 6.45) is 0. The van der Waals surface area contributed by atoms with Crippen LogP contribution in [-0.2, 0) is 11.3 Å². The van der Waals surface area contributed by atoms with Crippen LogP contribution in [0.2, 0.25) is 0 Å². The van der Waals surface area contributed by atoms with E-state index < -0.39 is 6.04 Å². The number of benzene rings is 2. The second kappa shape index (κ2) is 6.17. The van der Waals surface area contributed by atoms with Gasteiger partial charge in [-0.25, -0.2) is 4.79 Å². The van der Waals surface area contributed by atoms with E-state index in [2.05, 4.69) is 6.07 Å². The van der Waals surface area contributed by atoms with Crippen molar-refractivity contribution < 1.29 is 9.59 Å². The molecule has 5 nitrogen and oxygen atoms in total. The summed E-state index contributed by atoms with van der Waals surface area (Å²) in [5.74, 6) is -0.256. The summed E-state index contributed by atoms with van der Waals surface area (Å²) in [5.41, 5.74) is 2.92. The van der Waals surface area contributed by atoms with Crippen LogP contribution < -0.4 is 4.90 Å². The average Bonchev–Trinajstić information content (AvgIpc) is 2.80. The van der Waals surface area contributed by atoms with E-state index in [1.165, 1.54) is 9.80 Å². The molecule has 0 spiro atoms. The number of nitrogens with zero attached hydrogens (tertiary/aromatic N) is 3. The molecule has 5 heteroatoms. The third-order valence-electron chi connectivity index (χ3n) is 4.23. The Bertz CT molecular complexity index is 836. The maximum atomic E-state index is 12.8. The lowest BCUT2D eigenvalue weighted by molar-refractivity contribution is -0.127. The number of rotatable bonds is 3. The van der Waals surface area contributed by atoms with Crippen LogP contribution in [-0.4, -0.2) is 22.9 Å². The molecule has 0 radical (unpaired) electrons. The van der Waals surface area contributed by atoms with E-state index in [4.69, 9.17) is 0 Å². The summed E-state index contributed by atoms with van der Waals surface area (Å²) in [7, 11) is 0. The Balaban J connectivity index is 1.91. The molecule has 2 aromatic carbocycles. The molecule has 0 aliphatic carbocycles. The molecule has 3 amide bonds. The van der Waals surface area contributed by atoms with Crippen LogP contribution in [0.4, 0.5) is 10.5 Å². The number of carbonyl (C=O) groups is 2. The molecule has 1 heterocycles. The van der Waals surface area contributed by atoms with Crippen LogP contribution in [0.3, 0.4) is 0 Å². The van der Waals surface area contributed by atoms with Gasteiger partial charge < -0.3 is 0 Å². The molecule has 0 bridgehead atoms. The number of nitriles is 1. The Hall–Kier alpha value is -3.13. The van der Waals surface area contributed by atoms with Crippen LogP contribution >= 0.6 is 0 Å². The summed E-state index contributed by atoms with van der Waals surface area (Å²) in [5, 5.41) is 9.18. The first-order valence-electron chi connectivity index (χ1n) is 7.72. The highest BCUT2D eigenvalue weighted by Gasteiger charge is 2.43. The standard InChI is InChI=1S/C19H17N3O2/c1-13-7-9-17(10-8-13)22-14(2)18(23)21(19(22)24)12-16-6-4-3-5-15(16)11-20/h3-10,14H,12H2,1-2H3/t14-/m0/s1. The fourth-order valence-corrected chi connectivity index (χ4v) is 2.85. The molecule has 3 rings (SSSR count). The predicted molar refractivity (Wildman–Crippen MR) is 90.2 cm³/mol. The first-order valence-corrected chi connectivity index (χ1v) is 7.72. The minimum atomic E-state index is -0.561. The Labute approximate surface area is 140 Å². The highest BCUT2D eigenvalue weighted by molar-refractivity contribution is 6.14. The Morgan fingerprint density at radius 3 is 2.42 bits per heavy atom. The second-order valence-electron chi connectivity index (χ2n) is 5.86. The minimum absolute atomic E-state index is 0.105. The first kappa shape index (κ1) is 15.8. The number of anilines is 1. The van der Waals surface area contributed by atoms with E-state index in [1.807, 2.05) is 31.2 Å². The number of imide groups is 1. The fraction of sp³-hybridized carbons (Fsp3) is 0.211. The number of urea groups is 1. The van der Waals surface area contributed by atoms with Crippen LogP contribution in [0, 0.1) is 18.3 Å². The zero-order valence-electron chi connectivity index (χ0n) is 13.6. The van der Waals surface area contributed by atoms with Crippen molar-refractivity contribution in [3.05, 3.63) is 65.2 Å². The monoisotopic (exact) mass is 319 g/mol. The van der Waals surface area contributed by atoms with Gasteiger partial charge in [-0.05, 0) is 37.6 Å². The summed E-state index contributed by atoms with van der Waals surface area (Å²) >= 11 is 0. The van der Waals surface area contributed by atoms with Crippen LogP contribution in [0.1, 0.15) is 23.6 Å². The summed E-state index contributed by atoms with van der Waals surface area (Å²) in [4.78, 5) is 28.0. The first-order chi connectivity index (χ1) is 11.5. The van der Waals surface area contributed by atoms with Crippen molar-refractivity contribution in [2.24, 2.45) is 0 Å². The van der Waals surface area contributed by atoms with Crippen molar-refractivity contribution in [2.45, 2.75) is 26.4 Å². The van der Waals surface area contributed by atoms with Crippen molar-refractivity contribution in [3.8, 4) is 6.07 Å². The number of aryl methyl sites for hydroxylation is 1. The largest absolute Gasteiger partial charge is 0.332 e. The molecule has 0 unspecified atom stereocenters. The van der Waals surface area contributed by atoms with Gasteiger partial charge >= 0.3 is 6.03 Å². The molecule has 1 aliphatic heterocycles. The average molecular weight is 319 g/mol. The highest BCUT2D eigenvalue weighted by Crippen LogP contribution is 2.27. The zero-order chi connectivity index (χ0) is 17.3. The molecular weight excluding hydrogens is 302 g/mol. The number of hydrogen-bond donors (Lipinski definition) is 0. The molecule has 1 saturated heterocycles. The molecule has 0 saturated carbocycles. The van der Waals surface area contributed by atoms with Crippen molar-refractivity contribution >= 4 is 17.6 Å². The van der Waals surface area contributed by atoms with Crippen LogP contribution in [0.5, 0.6) is 0 Å². The zero-order valence-corrected chi connectivity index (χ0v) is 13.6. The second-order valence-corrected chi connectivity index (χ2v) is 5.86. The molecule has 1 aliphatic rings. The van der Waals surface area contributed by atoms with E-state index in [9.17, 15) is 14.9 Å². The van der Waals surface area contributed by atoms with Crippen LogP contribution in [0.25, 0.3) is 0 Å². The highest BCUT2D eigenvalue weighted by atomic mass is 16.2. The normalized spacial score (nSPS) is 17.3. The Morgan fingerprint density at radius 2 is 1.75 bits per heavy atom. The summed E-state index contributed by atoms with van der Waals surface area (Å²) in [6, 6.07) is 15.7. The fourth-order valence-electron chi connectivity index (χ4n) is 2.85. The van der Waals surface area contributed by atoms with Gasteiger partial charge in [0.1, 0.15) is 6.04 Å². The van der Waals surface area contributed by atoms with E-state index in [-0.39, 0.29) is 18.5 Å². The van der Waals surface area contributed by atoms with E-state index >= 15 is 0 Å². The van der Waals surface area contributed by atoms with Gasteiger partial charge in [-0.15, -0.1) is 0 Å². The molecule has 120 valence electrons. The third kappa shape index (κ3) is 2.63. The number of hydrogen-bond acceptors (Lipinski definition) is 3. The maximum Gasteiger partial charge on any atom is 0.332 e. The van der Waals surface area contributed by atoms with Crippen molar-refractivity contribution in [1.29, 1.82) is 5.26 Å². The molecule has 0 aromatic heterocycles. The summed E-state index contributed by atoms with van der Waals surface area (Å²) in [6.45, 7) is 3.79. The Morgan fingerprint density at radius 1 is 1.08 bits per heavy atom. The van der Waals surface area contributed by atoms with Crippen molar-refractivity contribution in [1.82, 2.24) is 4.90 Å². The van der Waals surface area contributed by atoms with Gasteiger partial charge in [0, 0.05) is 5.69 Å². The van der Waals surface area contributed by atoms with E-state index in [1.54, 1.807) is 31.2 Å². The van der Waals surface area contributed by atoms with Gasteiger partial charge in [0.05, 0.1) is 18.2 Å². The molecule has 0 N–H and O–H groups in total. The lowest BCUT2D eigenvalue weighted by Crippen LogP contribution is -2.33. The lowest BCUT2D eigenvalue weighted by Gasteiger charge is -2.19. The van der Waals surface area contributed by atoms with E-state index in [0.29, 0.717) is 16.8 Å². The van der Waals surface area contributed by atoms with Crippen molar-refractivity contribution in [2.75, 3.05) is 4.90 Å². The molecule has 1 atom stereocenters. The minimum Gasteiger partial charge on any atom is -0.282 e. The number of amides is 3. The summed E-state index contributed by atoms with van der Waals surface area (Å²) < 4.78 is 0. The molecule has 24 heavy (non-hydrogen) atoms. The topological polar surface area (TPSA) is 64.4 Å². The lowest BCUT2D eigenvalue weighted by atomic mass is 10.1. The quantitative estimate of drug-likeness (QED) is 0.816. The van der Waals surface area contributed by atoms with Gasteiger partial charge in [-0.1, -0.05) is 35.9 Å². The van der Waals surface area contributed by atoms with Crippen LogP contribution in [0.15, 0.2) is 48.5 Å². The number of carbonyl (C=O) groups excluding carboxylic acids is 2. The van der Waals surface area contributed by atoms with E-state index in [0.717, 1.165) is 5.56 Å².